The zero-order chi connectivity index (χ0) is 15.1. The van der Waals surface area contributed by atoms with Crippen LogP contribution in [-0.2, 0) is 13.0 Å². The average Bonchev–Trinajstić information content (AvgIpc) is 2.78. The number of nitrogens with zero attached hydrogens (tertiary/aromatic N) is 3. The van der Waals surface area contributed by atoms with Crippen LogP contribution in [-0.4, -0.2) is 31.4 Å². The molecule has 1 aromatic carbocycles. The molecule has 1 N–H and O–H groups in total. The third-order valence-electron chi connectivity index (χ3n) is 4.36. The van der Waals surface area contributed by atoms with Gasteiger partial charge in [-0.1, -0.05) is 30.7 Å². The highest BCUT2D eigenvalue weighted by Gasteiger charge is 2.63. The van der Waals surface area contributed by atoms with Crippen molar-refractivity contribution >= 4 is 23.2 Å². The smallest absolute Gasteiger partial charge is 0.138 e. The number of rotatable bonds is 5. The summed E-state index contributed by atoms with van der Waals surface area (Å²) < 4.78 is 1.77. The summed E-state index contributed by atoms with van der Waals surface area (Å²) in [6, 6.07) is 7.65. The fraction of sp³-hybridized carbons (Fsp3) is 0.467. The third kappa shape index (κ3) is 2.80. The monoisotopic (exact) mass is 325 g/mol. The van der Waals surface area contributed by atoms with Gasteiger partial charge >= 0.3 is 0 Å². The summed E-state index contributed by atoms with van der Waals surface area (Å²) in [6.45, 7) is 2.43. The molecule has 0 aliphatic heterocycles. The Kier molecular flexibility index (Phi) is 3.72. The lowest BCUT2D eigenvalue weighted by Crippen LogP contribution is -2.27. The second-order valence-electron chi connectivity index (χ2n) is 6.04. The first kappa shape index (κ1) is 14.8. The Bertz CT molecular complexity index is 643. The third-order valence-corrected chi connectivity index (χ3v) is 5.20. The molecule has 6 heteroatoms. The van der Waals surface area contributed by atoms with Crippen molar-refractivity contribution in [3.63, 3.8) is 0 Å². The molecule has 0 radical (unpaired) electrons. The molecular weight excluding hydrogens is 309 g/mol. The Morgan fingerprint density at radius 3 is 2.67 bits per heavy atom. The van der Waals surface area contributed by atoms with Crippen molar-refractivity contribution in [3.8, 4) is 0 Å². The fourth-order valence-electron chi connectivity index (χ4n) is 2.61. The molecule has 1 aromatic heterocycles. The second-order valence-corrected chi connectivity index (χ2v) is 6.74. The van der Waals surface area contributed by atoms with E-state index in [1.54, 1.807) is 4.68 Å². The van der Waals surface area contributed by atoms with Crippen molar-refractivity contribution in [2.45, 2.75) is 31.9 Å². The topological polar surface area (TPSA) is 50.9 Å². The maximum absolute atomic E-state index is 10.6. The van der Waals surface area contributed by atoms with Crippen LogP contribution in [0.3, 0.4) is 0 Å². The van der Waals surface area contributed by atoms with Gasteiger partial charge in [-0.25, -0.2) is 9.67 Å². The summed E-state index contributed by atoms with van der Waals surface area (Å²) in [6.07, 6.45) is 2.88. The molecule has 0 spiro atoms. The van der Waals surface area contributed by atoms with E-state index in [2.05, 4.69) is 10.1 Å². The summed E-state index contributed by atoms with van der Waals surface area (Å²) >= 11 is 11.8. The Labute approximate surface area is 133 Å². The number of benzene rings is 1. The van der Waals surface area contributed by atoms with Crippen LogP contribution in [0.2, 0.25) is 5.02 Å². The van der Waals surface area contributed by atoms with Gasteiger partial charge in [0.25, 0.3) is 0 Å². The first-order chi connectivity index (χ1) is 9.96. The summed E-state index contributed by atoms with van der Waals surface area (Å²) in [4.78, 5) is 4.29. The van der Waals surface area contributed by atoms with E-state index in [1.807, 2.05) is 31.2 Å². The van der Waals surface area contributed by atoms with Gasteiger partial charge < -0.3 is 5.11 Å². The predicted octanol–water partition coefficient (Wildman–Crippen LogP) is 2.90. The number of aliphatic hydroxyl groups is 1. The van der Waals surface area contributed by atoms with Gasteiger partial charge in [0.2, 0.25) is 0 Å². The first-order valence-corrected chi connectivity index (χ1v) is 7.76. The standard InChI is InChI=1S/C15H17Cl2N3O/c1-14(8-16)7-15(14,21)9-20-13(18-10-19-20)6-11-2-4-12(17)5-3-11/h2-5,10,21H,6-9H2,1H3. The number of hydrogen-bond acceptors (Lipinski definition) is 3. The van der Waals surface area contributed by atoms with Crippen molar-refractivity contribution < 1.29 is 5.11 Å². The molecular formula is C15H17Cl2N3O. The Balaban J connectivity index is 1.74. The van der Waals surface area contributed by atoms with E-state index < -0.39 is 5.60 Å². The summed E-state index contributed by atoms with van der Waals surface area (Å²) in [5.41, 5.74) is 0.103. The van der Waals surface area contributed by atoms with E-state index in [0.717, 1.165) is 11.4 Å². The predicted molar refractivity (Wildman–Crippen MR) is 82.7 cm³/mol. The number of alkyl halides is 1. The van der Waals surface area contributed by atoms with Gasteiger partial charge in [0.15, 0.2) is 0 Å². The minimum atomic E-state index is -0.781. The molecule has 2 aromatic rings. The van der Waals surface area contributed by atoms with Crippen molar-refractivity contribution in [3.05, 3.63) is 47.0 Å². The Morgan fingerprint density at radius 2 is 2.05 bits per heavy atom. The molecule has 0 saturated heterocycles. The van der Waals surface area contributed by atoms with Crippen molar-refractivity contribution in [1.29, 1.82) is 0 Å². The fourth-order valence-corrected chi connectivity index (χ4v) is 3.08. The molecule has 2 atom stereocenters. The molecule has 4 nitrogen and oxygen atoms in total. The molecule has 1 saturated carbocycles. The van der Waals surface area contributed by atoms with Crippen LogP contribution in [0.5, 0.6) is 0 Å². The minimum Gasteiger partial charge on any atom is -0.387 e. The Hall–Kier alpha value is -1.10. The van der Waals surface area contributed by atoms with E-state index in [9.17, 15) is 5.11 Å². The van der Waals surface area contributed by atoms with Gasteiger partial charge in [-0.15, -0.1) is 11.6 Å². The molecule has 112 valence electrons. The lowest BCUT2D eigenvalue weighted by atomic mass is 10.1. The van der Waals surface area contributed by atoms with E-state index in [1.165, 1.54) is 6.33 Å². The molecule has 0 bridgehead atoms. The highest BCUT2D eigenvalue weighted by atomic mass is 35.5. The molecule has 21 heavy (non-hydrogen) atoms. The van der Waals surface area contributed by atoms with E-state index in [0.29, 0.717) is 30.3 Å². The van der Waals surface area contributed by atoms with Crippen LogP contribution in [0.15, 0.2) is 30.6 Å². The minimum absolute atomic E-state index is 0.224. The van der Waals surface area contributed by atoms with Crippen molar-refractivity contribution in [1.82, 2.24) is 14.8 Å². The maximum Gasteiger partial charge on any atom is 0.138 e. The van der Waals surface area contributed by atoms with Crippen LogP contribution in [0.4, 0.5) is 0 Å². The number of aromatic nitrogens is 3. The van der Waals surface area contributed by atoms with Gasteiger partial charge in [0.05, 0.1) is 12.1 Å². The van der Waals surface area contributed by atoms with E-state index >= 15 is 0 Å². The van der Waals surface area contributed by atoms with Gasteiger partial charge in [0, 0.05) is 22.7 Å². The van der Waals surface area contributed by atoms with Gasteiger partial charge in [-0.2, -0.15) is 5.10 Å². The van der Waals surface area contributed by atoms with Crippen LogP contribution in [0.25, 0.3) is 0 Å². The van der Waals surface area contributed by atoms with Crippen molar-refractivity contribution in [2.24, 2.45) is 5.41 Å². The summed E-state index contributed by atoms with van der Waals surface area (Å²) in [7, 11) is 0. The van der Waals surface area contributed by atoms with E-state index in [4.69, 9.17) is 23.2 Å². The van der Waals surface area contributed by atoms with Crippen LogP contribution in [0, 0.1) is 5.41 Å². The highest BCUT2D eigenvalue weighted by molar-refractivity contribution is 6.30. The largest absolute Gasteiger partial charge is 0.387 e. The SMILES string of the molecule is CC1(CCl)CC1(O)Cn1ncnc1Cc1ccc(Cl)cc1. The normalized spacial score (nSPS) is 27.8. The zero-order valence-electron chi connectivity index (χ0n) is 11.8. The average molecular weight is 326 g/mol. The molecule has 0 amide bonds. The molecule has 3 rings (SSSR count). The van der Waals surface area contributed by atoms with E-state index in [-0.39, 0.29) is 5.41 Å². The van der Waals surface area contributed by atoms with Crippen molar-refractivity contribution in [2.75, 3.05) is 5.88 Å². The van der Waals surface area contributed by atoms with Gasteiger partial charge in [0.1, 0.15) is 12.2 Å². The summed E-state index contributed by atoms with van der Waals surface area (Å²) in [5.74, 6) is 1.28. The number of halogens is 2. The molecule has 1 aliphatic rings. The molecule has 2 unspecified atom stereocenters. The molecule has 1 fully saturated rings. The highest BCUT2D eigenvalue weighted by Crippen LogP contribution is 2.57. The first-order valence-electron chi connectivity index (χ1n) is 6.85. The lowest BCUT2D eigenvalue weighted by Gasteiger charge is -2.16. The number of hydrogen-bond donors (Lipinski definition) is 1. The quantitative estimate of drug-likeness (QED) is 0.860. The summed E-state index contributed by atoms with van der Waals surface area (Å²) in [5, 5.41) is 15.5. The Morgan fingerprint density at radius 1 is 1.33 bits per heavy atom. The maximum atomic E-state index is 10.6. The van der Waals surface area contributed by atoms with Crippen LogP contribution >= 0.6 is 23.2 Å². The van der Waals surface area contributed by atoms with Gasteiger partial charge in [-0.05, 0) is 24.1 Å². The van der Waals surface area contributed by atoms with Gasteiger partial charge in [-0.3, -0.25) is 0 Å². The molecule has 1 aliphatic carbocycles. The lowest BCUT2D eigenvalue weighted by molar-refractivity contribution is 0.0860. The van der Waals surface area contributed by atoms with Crippen LogP contribution in [0.1, 0.15) is 24.7 Å². The zero-order valence-corrected chi connectivity index (χ0v) is 13.3. The second kappa shape index (κ2) is 5.27. The van der Waals surface area contributed by atoms with Crippen LogP contribution < -0.4 is 0 Å². The molecule has 1 heterocycles.